The molecule has 0 saturated carbocycles. The summed E-state index contributed by atoms with van der Waals surface area (Å²) in [6, 6.07) is 6.58. The standard InChI is InChI=1S/C15H24FNO/c1-4-15(18)11-17(9-12(2)3)10-13-5-7-14(16)8-6-13/h5-8,12,15,18H,4,9-11H2,1-3H3/t15-/m1/s1. The van der Waals surface area contributed by atoms with Crippen LogP contribution >= 0.6 is 0 Å². The van der Waals surface area contributed by atoms with E-state index in [0.29, 0.717) is 12.5 Å². The van der Waals surface area contributed by atoms with Crippen LogP contribution in [0.4, 0.5) is 4.39 Å². The summed E-state index contributed by atoms with van der Waals surface area (Å²) in [6.45, 7) is 8.68. The molecule has 0 aliphatic heterocycles. The molecule has 0 aliphatic carbocycles. The lowest BCUT2D eigenvalue weighted by Gasteiger charge is -2.26. The van der Waals surface area contributed by atoms with E-state index in [1.807, 2.05) is 6.92 Å². The number of halogens is 1. The smallest absolute Gasteiger partial charge is 0.123 e. The quantitative estimate of drug-likeness (QED) is 0.807. The van der Waals surface area contributed by atoms with Crippen molar-refractivity contribution >= 4 is 0 Å². The van der Waals surface area contributed by atoms with Gasteiger partial charge in [0.25, 0.3) is 0 Å². The topological polar surface area (TPSA) is 23.5 Å². The van der Waals surface area contributed by atoms with E-state index in [4.69, 9.17) is 0 Å². The van der Waals surface area contributed by atoms with Gasteiger partial charge in [0.05, 0.1) is 6.10 Å². The van der Waals surface area contributed by atoms with Crippen LogP contribution in [0.3, 0.4) is 0 Å². The maximum atomic E-state index is 12.8. The van der Waals surface area contributed by atoms with E-state index in [0.717, 1.165) is 25.1 Å². The molecule has 0 aromatic heterocycles. The second kappa shape index (κ2) is 7.49. The number of rotatable bonds is 7. The highest BCUT2D eigenvalue weighted by Crippen LogP contribution is 2.10. The zero-order valence-corrected chi connectivity index (χ0v) is 11.6. The fourth-order valence-corrected chi connectivity index (χ4v) is 2.00. The first-order valence-corrected chi connectivity index (χ1v) is 6.66. The first kappa shape index (κ1) is 15.1. The summed E-state index contributed by atoms with van der Waals surface area (Å²) >= 11 is 0. The normalized spacial score (nSPS) is 13.3. The van der Waals surface area contributed by atoms with Crippen LogP contribution in [-0.2, 0) is 6.54 Å². The van der Waals surface area contributed by atoms with Crippen molar-refractivity contribution in [3.63, 3.8) is 0 Å². The Kier molecular flexibility index (Phi) is 6.30. The molecule has 1 atom stereocenters. The number of hydrogen-bond acceptors (Lipinski definition) is 2. The van der Waals surface area contributed by atoms with Gasteiger partial charge in [-0.05, 0) is 30.0 Å². The van der Waals surface area contributed by atoms with E-state index in [2.05, 4.69) is 18.7 Å². The van der Waals surface area contributed by atoms with Gasteiger partial charge in [0.2, 0.25) is 0 Å². The van der Waals surface area contributed by atoms with Crippen molar-refractivity contribution in [3.05, 3.63) is 35.6 Å². The number of benzene rings is 1. The van der Waals surface area contributed by atoms with E-state index >= 15 is 0 Å². The van der Waals surface area contributed by atoms with Crippen LogP contribution in [0.5, 0.6) is 0 Å². The molecular formula is C15H24FNO. The van der Waals surface area contributed by atoms with E-state index in [1.54, 1.807) is 12.1 Å². The van der Waals surface area contributed by atoms with Gasteiger partial charge >= 0.3 is 0 Å². The maximum Gasteiger partial charge on any atom is 0.123 e. The second-order valence-corrected chi connectivity index (χ2v) is 5.28. The Labute approximate surface area is 109 Å². The zero-order chi connectivity index (χ0) is 13.5. The second-order valence-electron chi connectivity index (χ2n) is 5.28. The van der Waals surface area contributed by atoms with Crippen LogP contribution in [-0.4, -0.2) is 29.2 Å². The molecule has 1 aromatic carbocycles. The number of hydrogen-bond donors (Lipinski definition) is 1. The highest BCUT2D eigenvalue weighted by atomic mass is 19.1. The SMILES string of the molecule is CC[C@@H](O)CN(Cc1ccc(F)cc1)CC(C)C. The molecule has 0 amide bonds. The van der Waals surface area contributed by atoms with Crippen molar-refractivity contribution < 1.29 is 9.50 Å². The van der Waals surface area contributed by atoms with E-state index in [9.17, 15) is 9.50 Å². The van der Waals surface area contributed by atoms with Crippen LogP contribution in [0.15, 0.2) is 24.3 Å². The molecule has 3 heteroatoms. The molecule has 0 bridgehead atoms. The first-order valence-electron chi connectivity index (χ1n) is 6.66. The Balaban J connectivity index is 2.62. The van der Waals surface area contributed by atoms with Gasteiger partial charge in [-0.3, -0.25) is 4.90 Å². The number of aliphatic hydroxyl groups excluding tert-OH is 1. The van der Waals surface area contributed by atoms with Crippen molar-refractivity contribution in [2.75, 3.05) is 13.1 Å². The molecule has 0 unspecified atom stereocenters. The van der Waals surface area contributed by atoms with E-state index in [1.165, 1.54) is 12.1 Å². The van der Waals surface area contributed by atoms with Crippen LogP contribution in [0, 0.1) is 11.7 Å². The van der Waals surface area contributed by atoms with Gasteiger partial charge < -0.3 is 5.11 Å². The minimum absolute atomic E-state index is 0.206. The minimum Gasteiger partial charge on any atom is -0.392 e. The molecule has 0 aliphatic rings. The molecule has 1 aromatic rings. The van der Waals surface area contributed by atoms with Gasteiger partial charge in [-0.25, -0.2) is 4.39 Å². The average Bonchev–Trinajstić information content (AvgIpc) is 2.31. The Morgan fingerprint density at radius 2 is 1.78 bits per heavy atom. The predicted octanol–water partition coefficient (Wildman–Crippen LogP) is 3.05. The molecular weight excluding hydrogens is 229 g/mol. The Morgan fingerprint density at radius 3 is 2.28 bits per heavy atom. The first-order chi connectivity index (χ1) is 8.51. The molecule has 0 heterocycles. The van der Waals surface area contributed by atoms with Crippen molar-refractivity contribution in [2.24, 2.45) is 5.92 Å². The van der Waals surface area contributed by atoms with Gasteiger partial charge in [0.1, 0.15) is 5.82 Å². The summed E-state index contributed by atoms with van der Waals surface area (Å²) in [4.78, 5) is 2.23. The van der Waals surface area contributed by atoms with Crippen LogP contribution in [0.25, 0.3) is 0 Å². The molecule has 1 N–H and O–H groups in total. The molecule has 0 saturated heterocycles. The maximum absolute atomic E-state index is 12.8. The number of nitrogens with zero attached hydrogens (tertiary/aromatic N) is 1. The Hall–Kier alpha value is -0.930. The van der Waals surface area contributed by atoms with Crippen LogP contribution in [0.2, 0.25) is 0 Å². The van der Waals surface area contributed by atoms with Crippen molar-refractivity contribution in [2.45, 2.75) is 39.8 Å². The lowest BCUT2D eigenvalue weighted by Crippen LogP contribution is -2.34. The minimum atomic E-state index is -0.288. The average molecular weight is 253 g/mol. The molecule has 18 heavy (non-hydrogen) atoms. The van der Waals surface area contributed by atoms with Gasteiger partial charge in [-0.15, -0.1) is 0 Å². The molecule has 1 rings (SSSR count). The van der Waals surface area contributed by atoms with Gasteiger partial charge in [0.15, 0.2) is 0 Å². The van der Waals surface area contributed by atoms with Gasteiger partial charge in [-0.2, -0.15) is 0 Å². The summed E-state index contributed by atoms with van der Waals surface area (Å²) in [6.07, 6.45) is 0.474. The van der Waals surface area contributed by atoms with Gasteiger partial charge in [-0.1, -0.05) is 32.9 Å². The molecule has 0 spiro atoms. The van der Waals surface area contributed by atoms with Crippen molar-refractivity contribution in [1.29, 1.82) is 0 Å². The largest absolute Gasteiger partial charge is 0.392 e. The molecule has 102 valence electrons. The third-order valence-corrected chi connectivity index (χ3v) is 2.88. The summed E-state index contributed by atoms with van der Waals surface area (Å²) in [5.74, 6) is 0.345. The molecule has 0 radical (unpaired) electrons. The van der Waals surface area contributed by atoms with Crippen molar-refractivity contribution in [1.82, 2.24) is 4.90 Å². The molecule has 0 fully saturated rings. The summed E-state index contributed by atoms with van der Waals surface area (Å²) in [5, 5.41) is 9.76. The molecule has 2 nitrogen and oxygen atoms in total. The highest BCUT2D eigenvalue weighted by molar-refractivity contribution is 5.15. The lowest BCUT2D eigenvalue weighted by atomic mass is 10.1. The summed E-state index contributed by atoms with van der Waals surface area (Å²) < 4.78 is 12.8. The Bertz CT molecular complexity index is 337. The van der Waals surface area contributed by atoms with Crippen LogP contribution < -0.4 is 0 Å². The number of aliphatic hydroxyl groups is 1. The summed E-state index contributed by atoms with van der Waals surface area (Å²) in [5.41, 5.74) is 1.08. The third kappa shape index (κ3) is 5.61. The summed E-state index contributed by atoms with van der Waals surface area (Å²) in [7, 11) is 0. The van der Waals surface area contributed by atoms with E-state index in [-0.39, 0.29) is 11.9 Å². The lowest BCUT2D eigenvalue weighted by molar-refractivity contribution is 0.0986. The predicted molar refractivity (Wildman–Crippen MR) is 72.8 cm³/mol. The van der Waals surface area contributed by atoms with E-state index < -0.39 is 0 Å². The highest BCUT2D eigenvalue weighted by Gasteiger charge is 2.12. The monoisotopic (exact) mass is 253 g/mol. The Morgan fingerprint density at radius 1 is 1.17 bits per heavy atom. The van der Waals surface area contributed by atoms with Gasteiger partial charge in [0, 0.05) is 19.6 Å². The third-order valence-electron chi connectivity index (χ3n) is 2.88. The zero-order valence-electron chi connectivity index (χ0n) is 11.6. The van der Waals surface area contributed by atoms with Crippen LogP contribution in [0.1, 0.15) is 32.8 Å². The fraction of sp³-hybridized carbons (Fsp3) is 0.600. The van der Waals surface area contributed by atoms with Crippen molar-refractivity contribution in [3.8, 4) is 0 Å². The fourth-order valence-electron chi connectivity index (χ4n) is 2.00.